The van der Waals surface area contributed by atoms with E-state index >= 15 is 0 Å². The Morgan fingerprint density at radius 3 is 2.54 bits per heavy atom. The van der Waals surface area contributed by atoms with Crippen LogP contribution in [-0.2, 0) is 0 Å². The van der Waals surface area contributed by atoms with Crippen LogP contribution in [0.1, 0.15) is 17.3 Å². The summed E-state index contributed by atoms with van der Waals surface area (Å²) in [5.41, 5.74) is -0.783. The van der Waals surface area contributed by atoms with Crippen molar-refractivity contribution in [2.24, 2.45) is 0 Å². The van der Waals surface area contributed by atoms with E-state index in [-0.39, 0.29) is 22.5 Å². The van der Waals surface area contributed by atoms with Gasteiger partial charge in [0.05, 0.1) is 17.7 Å². The summed E-state index contributed by atoms with van der Waals surface area (Å²) in [7, 11) is 0. The first-order valence-electron chi connectivity index (χ1n) is 10.7. The van der Waals surface area contributed by atoms with Gasteiger partial charge in [0.1, 0.15) is 17.1 Å². The number of rotatable bonds is 5. The minimum atomic E-state index is -0.902. The molecule has 5 aromatic rings. The largest absolute Gasteiger partial charge is 0.490 e. The number of para-hydroxylation sites is 1. The first kappa shape index (κ1) is 22.1. The molecule has 35 heavy (non-hydrogen) atoms. The molecule has 0 saturated heterocycles. The summed E-state index contributed by atoms with van der Waals surface area (Å²) in [5.74, 6) is -1.14. The van der Waals surface area contributed by atoms with Crippen molar-refractivity contribution in [3.63, 3.8) is 0 Å². The molecule has 0 atom stereocenters. The second kappa shape index (κ2) is 8.90. The Bertz CT molecular complexity index is 1720. The van der Waals surface area contributed by atoms with Crippen LogP contribution in [0.15, 0.2) is 91.2 Å². The number of halogens is 1. The quantitative estimate of drug-likeness (QED) is 0.194. The number of esters is 1. The summed E-state index contributed by atoms with van der Waals surface area (Å²) < 4.78 is 35.5. The molecular formula is C27H17FO7. The zero-order chi connectivity index (χ0) is 24.5. The Labute approximate surface area is 196 Å². The van der Waals surface area contributed by atoms with E-state index in [1.807, 2.05) is 6.92 Å². The number of hydrogen-bond donors (Lipinski definition) is 0. The van der Waals surface area contributed by atoms with Crippen molar-refractivity contribution in [2.45, 2.75) is 6.92 Å². The van der Waals surface area contributed by atoms with Gasteiger partial charge < -0.3 is 18.3 Å². The average molecular weight is 472 g/mol. The number of benzene rings is 3. The molecule has 0 unspecified atom stereocenters. The summed E-state index contributed by atoms with van der Waals surface area (Å²) in [6.45, 7) is 2.22. The van der Waals surface area contributed by atoms with Gasteiger partial charge in [0.25, 0.3) is 0 Å². The Morgan fingerprint density at radius 1 is 0.914 bits per heavy atom. The van der Waals surface area contributed by atoms with Crippen molar-refractivity contribution in [3.8, 4) is 22.6 Å². The highest BCUT2D eigenvalue weighted by Crippen LogP contribution is 2.32. The molecule has 0 aliphatic heterocycles. The Kier molecular flexibility index (Phi) is 5.62. The van der Waals surface area contributed by atoms with Gasteiger partial charge in [-0.2, -0.15) is 0 Å². The molecular weight excluding hydrogens is 455 g/mol. The minimum Gasteiger partial charge on any atom is -0.490 e. The van der Waals surface area contributed by atoms with Gasteiger partial charge in [0.15, 0.2) is 11.3 Å². The van der Waals surface area contributed by atoms with E-state index in [0.29, 0.717) is 34.3 Å². The number of hydrogen-bond acceptors (Lipinski definition) is 7. The molecule has 0 saturated carbocycles. The summed E-state index contributed by atoms with van der Waals surface area (Å²) in [5, 5.41) is 1.03. The third-order valence-electron chi connectivity index (χ3n) is 5.33. The van der Waals surface area contributed by atoms with Gasteiger partial charge in [-0.25, -0.2) is 18.8 Å². The van der Waals surface area contributed by atoms with Crippen LogP contribution in [0.5, 0.6) is 11.5 Å². The van der Waals surface area contributed by atoms with Crippen molar-refractivity contribution in [1.29, 1.82) is 0 Å². The van der Waals surface area contributed by atoms with E-state index in [1.54, 1.807) is 24.3 Å². The average Bonchev–Trinajstić information content (AvgIpc) is 2.84. The molecule has 8 heteroatoms. The summed E-state index contributed by atoms with van der Waals surface area (Å²) in [4.78, 5) is 37.6. The van der Waals surface area contributed by atoms with E-state index in [4.69, 9.17) is 18.3 Å². The van der Waals surface area contributed by atoms with Crippen molar-refractivity contribution in [3.05, 3.63) is 105 Å². The summed E-state index contributed by atoms with van der Waals surface area (Å²) in [6, 6.07) is 17.8. The zero-order valence-corrected chi connectivity index (χ0v) is 18.4. The number of fused-ring (bicyclic) bond motifs is 2. The molecule has 174 valence electrons. The van der Waals surface area contributed by atoms with Gasteiger partial charge in [0, 0.05) is 28.5 Å². The standard InChI is InChI=1S/C27H17FO7/c1-2-32-22-9-5-6-15-12-20(27(31)35-25(15)22)19-14-24(29)34-23-13-16(10-11-17(19)23)33-26(30)18-7-3-4-8-21(18)28/h3-14H,2H2,1H3. The van der Waals surface area contributed by atoms with Crippen LogP contribution < -0.4 is 20.7 Å². The lowest BCUT2D eigenvalue weighted by Gasteiger charge is -2.10. The maximum atomic E-state index is 13.9. The Hall–Kier alpha value is -4.72. The molecule has 0 N–H and O–H groups in total. The van der Waals surface area contributed by atoms with Crippen LogP contribution in [0.3, 0.4) is 0 Å². The lowest BCUT2D eigenvalue weighted by Crippen LogP contribution is -2.10. The molecule has 0 spiro atoms. The highest BCUT2D eigenvalue weighted by Gasteiger charge is 2.18. The van der Waals surface area contributed by atoms with E-state index in [0.717, 1.165) is 6.07 Å². The van der Waals surface area contributed by atoms with E-state index in [1.165, 1.54) is 42.5 Å². The molecule has 0 aliphatic rings. The molecule has 3 aromatic carbocycles. The second-order valence-corrected chi connectivity index (χ2v) is 7.56. The predicted octanol–water partition coefficient (Wildman–Crippen LogP) is 5.32. The fourth-order valence-electron chi connectivity index (χ4n) is 3.79. The van der Waals surface area contributed by atoms with Crippen LogP contribution in [0.2, 0.25) is 0 Å². The molecule has 2 heterocycles. The van der Waals surface area contributed by atoms with E-state index < -0.39 is 23.0 Å². The van der Waals surface area contributed by atoms with Crippen LogP contribution >= 0.6 is 0 Å². The smallest absolute Gasteiger partial charge is 0.346 e. The first-order chi connectivity index (χ1) is 16.9. The van der Waals surface area contributed by atoms with E-state index in [2.05, 4.69) is 0 Å². The topological polar surface area (TPSA) is 96.0 Å². The normalized spacial score (nSPS) is 11.0. The summed E-state index contributed by atoms with van der Waals surface area (Å²) in [6.07, 6.45) is 0. The van der Waals surface area contributed by atoms with Crippen molar-refractivity contribution >= 4 is 27.9 Å². The van der Waals surface area contributed by atoms with Gasteiger partial charge in [0.2, 0.25) is 0 Å². The lowest BCUT2D eigenvalue weighted by molar-refractivity contribution is 0.0730. The first-order valence-corrected chi connectivity index (χ1v) is 10.7. The zero-order valence-electron chi connectivity index (χ0n) is 18.4. The molecule has 0 amide bonds. The van der Waals surface area contributed by atoms with Crippen LogP contribution in [-0.4, -0.2) is 12.6 Å². The third-order valence-corrected chi connectivity index (χ3v) is 5.33. The molecule has 0 aliphatic carbocycles. The van der Waals surface area contributed by atoms with Gasteiger partial charge in [-0.1, -0.05) is 24.3 Å². The monoisotopic (exact) mass is 472 g/mol. The van der Waals surface area contributed by atoms with Gasteiger partial charge in [-0.15, -0.1) is 0 Å². The maximum Gasteiger partial charge on any atom is 0.346 e. The van der Waals surface area contributed by atoms with Crippen LogP contribution in [0.25, 0.3) is 33.1 Å². The molecule has 0 fully saturated rings. The Balaban J connectivity index is 1.59. The van der Waals surface area contributed by atoms with Gasteiger partial charge in [-0.05, 0) is 43.3 Å². The Morgan fingerprint density at radius 2 is 1.74 bits per heavy atom. The highest BCUT2D eigenvalue weighted by molar-refractivity contribution is 5.97. The van der Waals surface area contributed by atoms with Crippen LogP contribution in [0.4, 0.5) is 4.39 Å². The predicted molar refractivity (Wildman–Crippen MR) is 126 cm³/mol. The minimum absolute atomic E-state index is 0.0398. The molecule has 2 aromatic heterocycles. The second-order valence-electron chi connectivity index (χ2n) is 7.56. The summed E-state index contributed by atoms with van der Waals surface area (Å²) >= 11 is 0. The van der Waals surface area contributed by atoms with Crippen molar-refractivity contribution in [1.82, 2.24) is 0 Å². The third kappa shape index (κ3) is 4.17. The fourth-order valence-corrected chi connectivity index (χ4v) is 3.79. The molecule has 7 nitrogen and oxygen atoms in total. The van der Waals surface area contributed by atoms with Gasteiger partial charge in [-0.3, -0.25) is 0 Å². The number of carbonyl (C=O) groups excluding carboxylic acids is 1. The number of carbonyl (C=O) groups is 1. The lowest BCUT2D eigenvalue weighted by atomic mass is 10.0. The van der Waals surface area contributed by atoms with E-state index in [9.17, 15) is 18.8 Å². The SMILES string of the molecule is CCOc1cccc2cc(-c3cc(=O)oc4cc(OC(=O)c5ccccc5F)ccc34)c(=O)oc12. The highest BCUT2D eigenvalue weighted by atomic mass is 19.1. The van der Waals surface area contributed by atoms with Gasteiger partial charge >= 0.3 is 17.2 Å². The fraction of sp³-hybridized carbons (Fsp3) is 0.0741. The molecule has 0 radical (unpaired) electrons. The van der Waals surface area contributed by atoms with Crippen molar-refractivity contribution in [2.75, 3.05) is 6.61 Å². The molecule has 0 bridgehead atoms. The maximum absolute atomic E-state index is 13.9. The molecule has 5 rings (SSSR count). The van der Waals surface area contributed by atoms with Crippen LogP contribution in [0, 0.1) is 5.82 Å². The number of ether oxygens (including phenoxy) is 2. The van der Waals surface area contributed by atoms with Crippen molar-refractivity contribution < 1.29 is 27.5 Å².